The zero-order valence-electron chi connectivity index (χ0n) is 12.9. The van der Waals surface area contributed by atoms with E-state index in [-0.39, 0.29) is 23.5 Å². The lowest BCUT2D eigenvalue weighted by Gasteiger charge is -2.16. The second-order valence-electron chi connectivity index (χ2n) is 5.86. The fraction of sp³-hybridized carbons (Fsp3) is 0.353. The van der Waals surface area contributed by atoms with Crippen molar-refractivity contribution in [2.45, 2.75) is 37.3 Å². The Hall–Kier alpha value is -1.66. The van der Waals surface area contributed by atoms with Crippen molar-refractivity contribution in [2.75, 3.05) is 0 Å². The van der Waals surface area contributed by atoms with Crippen molar-refractivity contribution < 1.29 is 13.2 Å². The van der Waals surface area contributed by atoms with Crippen molar-refractivity contribution >= 4 is 27.1 Å². The van der Waals surface area contributed by atoms with Gasteiger partial charge in [0.05, 0.1) is 16.4 Å². The quantitative estimate of drug-likeness (QED) is 0.903. The molecule has 6 heteroatoms. The summed E-state index contributed by atoms with van der Waals surface area (Å²) in [6.45, 7) is 2.05. The van der Waals surface area contributed by atoms with E-state index in [0.29, 0.717) is 4.88 Å². The summed E-state index contributed by atoms with van der Waals surface area (Å²) in [6, 6.07) is 11.9. The van der Waals surface area contributed by atoms with Gasteiger partial charge in [-0.15, -0.1) is 11.3 Å². The third-order valence-corrected chi connectivity index (χ3v) is 6.84. The number of carbonyl (C=O) groups excluding carboxylic acids is 1. The molecule has 1 amide bonds. The van der Waals surface area contributed by atoms with Crippen LogP contribution in [0.5, 0.6) is 0 Å². The fourth-order valence-electron chi connectivity index (χ4n) is 2.76. The number of sulfone groups is 1. The summed E-state index contributed by atoms with van der Waals surface area (Å²) >= 11 is 1.30. The van der Waals surface area contributed by atoms with E-state index in [2.05, 4.69) is 24.4 Å². The zero-order valence-corrected chi connectivity index (χ0v) is 14.5. The van der Waals surface area contributed by atoms with E-state index >= 15 is 0 Å². The van der Waals surface area contributed by atoms with Crippen LogP contribution in [0, 0.1) is 0 Å². The van der Waals surface area contributed by atoms with E-state index < -0.39 is 9.84 Å². The van der Waals surface area contributed by atoms with Crippen molar-refractivity contribution in [1.29, 1.82) is 0 Å². The van der Waals surface area contributed by atoms with Gasteiger partial charge in [-0.25, -0.2) is 8.42 Å². The fourth-order valence-corrected chi connectivity index (χ4v) is 5.93. The molecule has 1 N–H and O–H groups in total. The number of thiophene rings is 1. The molecule has 0 radical (unpaired) electrons. The van der Waals surface area contributed by atoms with E-state index in [1.807, 2.05) is 18.2 Å². The Bertz CT molecular complexity index is 780. The number of carbonyl (C=O) groups is 1. The number of benzene rings is 1. The van der Waals surface area contributed by atoms with Crippen LogP contribution >= 0.6 is 11.3 Å². The molecule has 1 aromatic heterocycles. The highest BCUT2D eigenvalue weighted by Gasteiger charge is 2.28. The lowest BCUT2D eigenvalue weighted by molar-refractivity contribution is 0.0940. The van der Waals surface area contributed by atoms with Gasteiger partial charge in [0.25, 0.3) is 5.91 Å². The second-order valence-corrected chi connectivity index (χ2v) is 9.06. The topological polar surface area (TPSA) is 63.2 Å². The Kier molecular flexibility index (Phi) is 4.55. The van der Waals surface area contributed by atoms with Gasteiger partial charge < -0.3 is 5.32 Å². The molecule has 0 fully saturated rings. The van der Waals surface area contributed by atoms with Crippen molar-refractivity contribution in [3.8, 4) is 0 Å². The molecule has 1 unspecified atom stereocenters. The Balaban J connectivity index is 1.67. The molecule has 1 atom stereocenters. The first-order valence-corrected chi connectivity index (χ1v) is 10.3. The summed E-state index contributed by atoms with van der Waals surface area (Å²) < 4.78 is 23.1. The first-order chi connectivity index (χ1) is 11.0. The maximum atomic E-state index is 12.4. The van der Waals surface area contributed by atoms with E-state index in [9.17, 15) is 13.2 Å². The molecule has 0 bridgehead atoms. The molecular formula is C17H19NO3S2. The molecule has 0 spiro atoms. The zero-order chi connectivity index (χ0) is 16.4. The van der Waals surface area contributed by atoms with Gasteiger partial charge in [-0.3, -0.25) is 4.79 Å². The molecule has 1 aliphatic heterocycles. The lowest BCUT2D eigenvalue weighted by Crippen LogP contribution is -2.35. The molecule has 1 aliphatic rings. The normalized spacial score (nSPS) is 16.7. The Morgan fingerprint density at radius 3 is 2.65 bits per heavy atom. The van der Waals surface area contributed by atoms with Gasteiger partial charge in [0, 0.05) is 10.9 Å². The smallest absolute Gasteiger partial charge is 0.261 e. The first kappa shape index (κ1) is 16.2. The first-order valence-electron chi connectivity index (χ1n) is 7.63. The van der Waals surface area contributed by atoms with Crippen LogP contribution in [0.15, 0.2) is 36.4 Å². The Morgan fingerprint density at radius 1 is 1.26 bits per heavy atom. The van der Waals surface area contributed by atoms with E-state index in [0.717, 1.165) is 23.3 Å². The molecule has 23 heavy (non-hydrogen) atoms. The number of nitrogens with one attached hydrogen (secondary N) is 1. The molecule has 1 aromatic carbocycles. The van der Waals surface area contributed by atoms with Crippen molar-refractivity contribution in [3.05, 3.63) is 57.3 Å². The minimum absolute atomic E-state index is 0.0628. The van der Waals surface area contributed by atoms with Crippen molar-refractivity contribution in [1.82, 2.24) is 5.32 Å². The van der Waals surface area contributed by atoms with Crippen molar-refractivity contribution in [2.24, 2.45) is 0 Å². The highest BCUT2D eigenvalue weighted by Crippen LogP contribution is 2.32. The largest absolute Gasteiger partial charge is 0.348 e. The van der Waals surface area contributed by atoms with Crippen LogP contribution in [-0.4, -0.2) is 20.4 Å². The molecule has 2 heterocycles. The van der Waals surface area contributed by atoms with Crippen LogP contribution in [0.1, 0.15) is 39.0 Å². The predicted octanol–water partition coefficient (Wildman–Crippen LogP) is 2.93. The summed E-state index contributed by atoms with van der Waals surface area (Å²) in [4.78, 5) is 13.8. The molecule has 122 valence electrons. The summed E-state index contributed by atoms with van der Waals surface area (Å²) in [7, 11) is -2.99. The van der Waals surface area contributed by atoms with Gasteiger partial charge >= 0.3 is 0 Å². The number of fused-ring (bicyclic) bond motifs is 1. The van der Waals surface area contributed by atoms with Crippen LogP contribution in [0.3, 0.4) is 0 Å². The van der Waals surface area contributed by atoms with Crippen LogP contribution in [0.2, 0.25) is 0 Å². The predicted molar refractivity (Wildman–Crippen MR) is 92.3 cm³/mol. The summed E-state index contributed by atoms with van der Waals surface area (Å²) in [5.41, 5.74) is 1.98. The SMILES string of the molecule is CCC(Cc1ccccc1)NC(=O)c1cc2c(s1)CS(=O)(=O)C2. The van der Waals surface area contributed by atoms with Gasteiger partial charge in [0.1, 0.15) is 0 Å². The standard InChI is InChI=1S/C17H19NO3S2/c1-2-14(8-12-6-4-3-5-7-12)18-17(19)15-9-13-10-23(20,21)11-16(13)22-15/h3-7,9,14H,2,8,10-11H2,1H3,(H,18,19). The Morgan fingerprint density at radius 2 is 2.00 bits per heavy atom. The van der Waals surface area contributed by atoms with E-state index in [1.54, 1.807) is 6.07 Å². The highest BCUT2D eigenvalue weighted by atomic mass is 32.2. The summed E-state index contributed by atoms with van der Waals surface area (Å²) in [5, 5.41) is 3.06. The van der Waals surface area contributed by atoms with Gasteiger partial charge in [-0.2, -0.15) is 0 Å². The summed E-state index contributed by atoms with van der Waals surface area (Å²) in [5.74, 6) is 0.0269. The third-order valence-electron chi connectivity index (χ3n) is 4.00. The van der Waals surface area contributed by atoms with Gasteiger partial charge in [-0.05, 0) is 30.0 Å². The number of hydrogen-bond donors (Lipinski definition) is 1. The second kappa shape index (κ2) is 6.45. The number of amides is 1. The van der Waals surface area contributed by atoms with E-state index in [4.69, 9.17) is 0 Å². The van der Waals surface area contributed by atoms with Gasteiger partial charge in [0.15, 0.2) is 9.84 Å². The molecule has 2 aromatic rings. The average Bonchev–Trinajstić information content (AvgIpc) is 3.01. The third kappa shape index (κ3) is 3.82. The van der Waals surface area contributed by atoms with Gasteiger partial charge in [0.2, 0.25) is 0 Å². The van der Waals surface area contributed by atoms with Crippen LogP contribution in [-0.2, 0) is 27.8 Å². The van der Waals surface area contributed by atoms with Crippen molar-refractivity contribution in [3.63, 3.8) is 0 Å². The molecule has 0 saturated carbocycles. The van der Waals surface area contributed by atoms with Crippen LogP contribution in [0.4, 0.5) is 0 Å². The molecule has 0 aliphatic carbocycles. The maximum Gasteiger partial charge on any atom is 0.261 e. The number of hydrogen-bond acceptors (Lipinski definition) is 4. The maximum absolute atomic E-state index is 12.4. The van der Waals surface area contributed by atoms with Crippen LogP contribution in [0.25, 0.3) is 0 Å². The van der Waals surface area contributed by atoms with Gasteiger partial charge in [-0.1, -0.05) is 37.3 Å². The molecular weight excluding hydrogens is 330 g/mol. The molecule has 0 saturated heterocycles. The Labute approximate surface area is 140 Å². The van der Waals surface area contributed by atoms with Crippen LogP contribution < -0.4 is 5.32 Å². The minimum atomic E-state index is -2.99. The van der Waals surface area contributed by atoms with E-state index in [1.165, 1.54) is 16.9 Å². The monoisotopic (exact) mass is 349 g/mol. The number of rotatable bonds is 5. The average molecular weight is 349 g/mol. The highest BCUT2D eigenvalue weighted by molar-refractivity contribution is 7.90. The molecule has 4 nitrogen and oxygen atoms in total. The lowest BCUT2D eigenvalue weighted by atomic mass is 10.0. The molecule has 3 rings (SSSR count). The summed E-state index contributed by atoms with van der Waals surface area (Å²) in [6.07, 6.45) is 1.64. The minimum Gasteiger partial charge on any atom is -0.348 e.